The van der Waals surface area contributed by atoms with Crippen LogP contribution in [0.1, 0.15) is 201 Å². The van der Waals surface area contributed by atoms with Gasteiger partial charge in [0.1, 0.15) is 84.3 Å². The second-order valence-corrected chi connectivity index (χ2v) is 35.4. The van der Waals surface area contributed by atoms with E-state index in [0.717, 1.165) is 35.6 Å². The van der Waals surface area contributed by atoms with E-state index in [1.165, 1.54) is 19.1 Å². The fraction of sp³-hybridized carbons (Fsp3) is 0.631. The highest BCUT2D eigenvalue weighted by molar-refractivity contribution is 8.00. The molecule has 0 bridgehead atoms. The summed E-state index contributed by atoms with van der Waals surface area (Å²) in [6.07, 6.45) is -7.78. The molecule has 0 aliphatic carbocycles. The number of primary amides is 3. The van der Waals surface area contributed by atoms with Gasteiger partial charge < -0.3 is 143 Å². The van der Waals surface area contributed by atoms with E-state index < -0.39 is 323 Å². The summed E-state index contributed by atoms with van der Waals surface area (Å²) in [4.78, 5) is 330. The fourth-order valence-electron chi connectivity index (χ4n) is 14.7. The number of phenolic OH excluding ortho intramolecular Hbond substituents is 1. The number of amides is 20. The molecule has 137 heavy (non-hydrogen) atoms. The number of carbonyl (C=O) groups is 25. The molecule has 3 aliphatic heterocycles. The van der Waals surface area contributed by atoms with E-state index in [1.54, 1.807) is 39.5 Å². The van der Waals surface area contributed by atoms with Gasteiger partial charge in [-0.05, 0) is 120 Å². The van der Waals surface area contributed by atoms with Crippen LogP contribution < -0.4 is 102 Å². The highest BCUT2D eigenvalue weighted by atomic mass is 32.2. The SMILES string of the molecule is CC(C)C[C@H](NC(=O)[C@H](CCC(=O)O)NC(=O)[C@H](CCC(N)=O)NC(=O)[C@H](CC(C)C)NC(=O)[C@H](CC(N)=O)NC(=O)[C@H](CCC(=O)O)NC(=O)[C@H](Cc1ccc(O)cc1)NC(=O)[C@H](CC(=O)O)NC(=O)[C@@H]1CCCN1C(=O)[C@H](C)NC(=O)CNC(=O)[C@H](CCC(=O)O)NC(=O)[C@H](CCC(=O)O)NC(=O)CCCCCNC(=O)CCCCC1SCC2NC(=O)NC21)C(=O)N[C@@H](CC(N)=O)C(=O)O. The number of urea groups is 1. The summed E-state index contributed by atoms with van der Waals surface area (Å²) in [7, 11) is 0. The number of carboxylic acids is 6. The Morgan fingerprint density at radius 3 is 1.31 bits per heavy atom. The molecule has 0 spiro atoms. The molecule has 4 rings (SSSR count). The van der Waals surface area contributed by atoms with E-state index in [2.05, 4.69) is 85.1 Å². The standard InChI is InChI=1S/C84H126N20O32S/c1-40(2)32-50(76(127)94-47(20-25-59(85)106)73(124)93-48(23-28-67(116)117)74(125)96-51(33-41(3)4)77(128)101-55(83(134)135)36-61(87)108)97-79(130)53(35-60(86)107)99-75(126)49(24-29-68(118)119)95-78(129)52(34-43-16-18-44(105)19-17-43)98-80(131)54(37-69(120)121)100-81(132)57-12-11-31-104(57)82(133)42(5)90-64(111)38-89-71(122)45(21-26-65(112)113)92-72(123)46(22-27-66(114)115)91-63(110)15-7-6-10-30-88-62(109)14-9-8-13-58-70-56(39-137-58)102-84(136)103-70/h16-19,40-42,45-58,70,105H,6-15,20-39H2,1-5H3,(H2,85,106)(H2,86,107)(H2,87,108)(H,88,109)(H,89,122)(H,90,111)(H,91,110)(H,92,123)(H,93,124)(H,94,127)(H,95,129)(H,96,125)(H,97,130)(H,98,131)(H,99,126)(H,100,132)(H,101,128)(H,112,113)(H,114,115)(H,116,117)(H,118,119)(H,120,121)(H,134,135)(H2,102,103,136)/t42-,45-,46-,47-,48-,49-,50-,51-,52-,53-,54-,55-,56?,57-,58?,70?/m0/s1. The Morgan fingerprint density at radius 1 is 0.416 bits per heavy atom. The minimum atomic E-state index is -2.13. The number of nitrogens with two attached hydrogens (primary N) is 3. The summed E-state index contributed by atoms with van der Waals surface area (Å²) in [6, 6.07) is -18.8. The van der Waals surface area contributed by atoms with Crippen LogP contribution in [0, 0.1) is 11.8 Å². The predicted octanol–water partition coefficient (Wildman–Crippen LogP) is -6.59. The van der Waals surface area contributed by atoms with Gasteiger partial charge in [0.2, 0.25) is 106 Å². The number of rotatable bonds is 65. The van der Waals surface area contributed by atoms with E-state index in [-0.39, 0.29) is 85.7 Å². The van der Waals surface area contributed by atoms with Gasteiger partial charge in [0.25, 0.3) is 0 Å². The number of benzene rings is 1. The minimum Gasteiger partial charge on any atom is -0.508 e. The normalized spacial score (nSPS) is 17.3. The summed E-state index contributed by atoms with van der Waals surface area (Å²) >= 11 is 1.78. The Hall–Kier alpha value is -14.1. The number of thioether (sulfide) groups is 1. The maximum absolute atomic E-state index is 14.7. The van der Waals surface area contributed by atoms with Crippen molar-refractivity contribution in [2.24, 2.45) is 29.0 Å². The van der Waals surface area contributed by atoms with Crippen molar-refractivity contribution < 1.29 is 156 Å². The lowest BCUT2D eigenvalue weighted by molar-refractivity contribution is -0.144. The van der Waals surface area contributed by atoms with Crippen molar-refractivity contribution in [3.63, 3.8) is 0 Å². The molecule has 0 aromatic heterocycles. The number of nitrogens with zero attached hydrogens (tertiary/aromatic N) is 1. The monoisotopic (exact) mass is 1960 g/mol. The zero-order valence-electron chi connectivity index (χ0n) is 76.3. The Balaban J connectivity index is 1.48. The van der Waals surface area contributed by atoms with Crippen molar-refractivity contribution in [1.29, 1.82) is 0 Å². The van der Waals surface area contributed by atoms with E-state index in [9.17, 15) is 156 Å². The number of hydrogen-bond donors (Lipinski definition) is 26. The quantitative estimate of drug-likeness (QED) is 0.0213. The lowest BCUT2D eigenvalue weighted by Gasteiger charge is -2.29. The number of carbonyl (C=O) groups excluding carboxylic acids is 19. The zero-order valence-corrected chi connectivity index (χ0v) is 77.2. The molecule has 3 fully saturated rings. The van der Waals surface area contributed by atoms with Crippen LogP contribution in [-0.2, 0) is 121 Å². The molecular formula is C84H126N20O32S. The van der Waals surface area contributed by atoms with Gasteiger partial charge in [-0.2, -0.15) is 11.8 Å². The summed E-state index contributed by atoms with van der Waals surface area (Å²) in [6.45, 7) is 6.67. The predicted molar refractivity (Wildman–Crippen MR) is 476 cm³/mol. The van der Waals surface area contributed by atoms with Gasteiger partial charge in [0.05, 0.1) is 37.9 Å². The summed E-state index contributed by atoms with van der Waals surface area (Å²) in [5, 5.41) is 107. The van der Waals surface area contributed by atoms with Crippen molar-refractivity contribution in [2.45, 2.75) is 297 Å². The molecule has 29 N–H and O–H groups in total. The number of likely N-dealkylation sites (tertiary alicyclic amines) is 1. The van der Waals surface area contributed by atoms with Gasteiger partial charge in [-0.15, -0.1) is 0 Å². The summed E-state index contributed by atoms with van der Waals surface area (Å²) in [5.41, 5.74) is 16.2. The third-order valence-corrected chi connectivity index (χ3v) is 23.2. The maximum atomic E-state index is 14.7. The van der Waals surface area contributed by atoms with Crippen molar-refractivity contribution >= 4 is 160 Å². The number of aromatic hydroxyl groups is 1. The molecule has 20 amide bonds. The third kappa shape index (κ3) is 43.4. The lowest BCUT2D eigenvalue weighted by Crippen LogP contribution is -2.61. The van der Waals surface area contributed by atoms with Crippen molar-refractivity contribution in [3.8, 4) is 5.75 Å². The fourth-order valence-corrected chi connectivity index (χ4v) is 16.3. The van der Waals surface area contributed by atoms with Crippen LogP contribution in [0.5, 0.6) is 5.75 Å². The molecule has 3 aliphatic rings. The first-order valence-corrected chi connectivity index (χ1v) is 45.6. The Kier molecular flexibility index (Phi) is 49.0. The highest BCUT2D eigenvalue weighted by Crippen LogP contribution is 2.33. The second-order valence-electron chi connectivity index (χ2n) is 34.1. The molecule has 1 aromatic carbocycles. The number of aliphatic carboxylic acids is 6. The molecule has 1 aromatic rings. The number of carboxylic acid groups (broad SMARTS) is 6. The summed E-state index contributed by atoms with van der Waals surface area (Å²) in [5.74, 6) is -29.9. The van der Waals surface area contributed by atoms with Crippen LogP contribution in [-0.4, -0.2) is 310 Å². The molecule has 3 heterocycles. The summed E-state index contributed by atoms with van der Waals surface area (Å²) < 4.78 is 0. The minimum absolute atomic E-state index is 0.0609. The average molecular weight is 1960 g/mol. The van der Waals surface area contributed by atoms with Crippen molar-refractivity contribution in [2.75, 3.05) is 25.4 Å². The second kappa shape index (κ2) is 58.3. The van der Waals surface area contributed by atoms with Crippen LogP contribution in [0.3, 0.4) is 0 Å². The molecule has 53 heteroatoms. The van der Waals surface area contributed by atoms with Crippen LogP contribution in [0.2, 0.25) is 0 Å². The molecule has 3 saturated heterocycles. The van der Waals surface area contributed by atoms with Gasteiger partial charge in [0, 0.05) is 75.5 Å². The molecule has 3 unspecified atom stereocenters. The lowest BCUT2D eigenvalue weighted by atomic mass is 10.0. The van der Waals surface area contributed by atoms with Gasteiger partial charge in [-0.25, -0.2) is 9.59 Å². The topological polar surface area (TPSA) is 842 Å². The first-order chi connectivity index (χ1) is 64.4. The highest BCUT2D eigenvalue weighted by Gasteiger charge is 2.45. The molecule has 52 nitrogen and oxygen atoms in total. The molecule has 760 valence electrons. The van der Waals surface area contributed by atoms with Gasteiger partial charge in [-0.1, -0.05) is 52.7 Å². The average Bonchev–Trinajstić information content (AvgIpc) is 1.67. The van der Waals surface area contributed by atoms with Crippen LogP contribution >= 0.6 is 11.8 Å². The van der Waals surface area contributed by atoms with Crippen LogP contribution in [0.15, 0.2) is 24.3 Å². The number of fused-ring (bicyclic) bond motifs is 1. The number of phenols is 1. The van der Waals surface area contributed by atoms with Gasteiger partial charge in [0.15, 0.2) is 0 Å². The van der Waals surface area contributed by atoms with E-state index in [4.69, 9.17) is 17.2 Å². The van der Waals surface area contributed by atoms with E-state index >= 15 is 0 Å². The van der Waals surface area contributed by atoms with E-state index in [0.29, 0.717) is 32.2 Å². The van der Waals surface area contributed by atoms with Crippen molar-refractivity contribution in [3.05, 3.63) is 29.8 Å². The molecule has 16 atom stereocenters. The number of nitrogens with one attached hydrogen (secondary N) is 16. The largest absolute Gasteiger partial charge is 0.508 e. The zero-order chi connectivity index (χ0) is 103. The third-order valence-electron chi connectivity index (χ3n) is 21.7. The molecule has 0 saturated carbocycles. The number of hydrogen-bond acceptors (Lipinski definition) is 27. The Bertz CT molecular complexity index is 4520. The first-order valence-electron chi connectivity index (χ1n) is 44.5. The van der Waals surface area contributed by atoms with Crippen molar-refractivity contribution in [1.82, 2.24) is 90.0 Å². The van der Waals surface area contributed by atoms with Gasteiger partial charge >= 0.3 is 41.8 Å². The Morgan fingerprint density at radius 2 is 0.832 bits per heavy atom. The van der Waals surface area contributed by atoms with Crippen LogP contribution in [0.4, 0.5) is 4.79 Å². The Labute approximate surface area is 789 Å². The number of unbranched alkanes of at least 4 members (excludes halogenated alkanes) is 3. The molecule has 0 radical (unpaired) electrons. The van der Waals surface area contributed by atoms with E-state index in [1.807, 2.05) is 0 Å². The van der Waals surface area contributed by atoms with Gasteiger partial charge in [-0.3, -0.25) is 110 Å². The molecular weight excluding hydrogens is 1830 g/mol. The van der Waals surface area contributed by atoms with Crippen LogP contribution in [0.25, 0.3) is 0 Å². The maximum Gasteiger partial charge on any atom is 0.326 e. The first kappa shape index (κ1) is 115. The smallest absolute Gasteiger partial charge is 0.326 e.